The molecule has 1 aromatic rings. The van der Waals surface area contributed by atoms with Crippen molar-refractivity contribution in [1.82, 2.24) is 0 Å². The van der Waals surface area contributed by atoms with E-state index in [1.54, 1.807) is 19.1 Å². The molecule has 0 aliphatic heterocycles. The van der Waals surface area contributed by atoms with E-state index in [1.165, 1.54) is 0 Å². The molecule has 2 heteroatoms. The molecular formula is C13H20FN. The smallest absolute Gasteiger partial charge is 0.128 e. The maximum Gasteiger partial charge on any atom is 0.128 e. The van der Waals surface area contributed by atoms with E-state index >= 15 is 0 Å². The number of benzene rings is 1. The summed E-state index contributed by atoms with van der Waals surface area (Å²) in [7, 11) is 0. The predicted molar refractivity (Wildman–Crippen MR) is 63.7 cm³/mol. The van der Waals surface area contributed by atoms with E-state index in [4.69, 9.17) is 0 Å². The Morgan fingerprint density at radius 1 is 1.27 bits per heavy atom. The van der Waals surface area contributed by atoms with Crippen LogP contribution in [0.1, 0.15) is 32.8 Å². The highest BCUT2D eigenvalue weighted by atomic mass is 19.1. The van der Waals surface area contributed by atoms with Gasteiger partial charge in [0.25, 0.3) is 0 Å². The van der Waals surface area contributed by atoms with E-state index in [9.17, 15) is 4.39 Å². The molecule has 0 heterocycles. The molecule has 1 rings (SSSR count). The zero-order valence-electron chi connectivity index (χ0n) is 9.97. The highest BCUT2D eigenvalue weighted by molar-refractivity contribution is 5.45. The maximum atomic E-state index is 13.3. The van der Waals surface area contributed by atoms with Crippen LogP contribution in [0.3, 0.4) is 0 Å². The van der Waals surface area contributed by atoms with E-state index in [0.717, 1.165) is 12.1 Å². The molecule has 0 saturated carbocycles. The second-order valence-electron chi connectivity index (χ2n) is 4.64. The monoisotopic (exact) mass is 209 g/mol. The molecule has 0 aromatic heterocycles. The average molecular weight is 209 g/mol. The predicted octanol–water partition coefficient (Wildman–Crippen LogP) is 3.98. The molecule has 15 heavy (non-hydrogen) atoms. The first-order valence-electron chi connectivity index (χ1n) is 5.51. The van der Waals surface area contributed by atoms with Crippen molar-refractivity contribution < 1.29 is 4.39 Å². The fourth-order valence-corrected chi connectivity index (χ4v) is 1.73. The Hall–Kier alpha value is -1.05. The molecule has 0 saturated heterocycles. The molecule has 0 bridgehead atoms. The molecule has 0 aliphatic carbocycles. The van der Waals surface area contributed by atoms with Gasteiger partial charge in [0.05, 0.1) is 0 Å². The van der Waals surface area contributed by atoms with Crippen LogP contribution in [0.2, 0.25) is 0 Å². The van der Waals surface area contributed by atoms with Crippen LogP contribution in [-0.4, -0.2) is 6.04 Å². The Morgan fingerprint density at radius 3 is 2.47 bits per heavy atom. The number of nitrogens with one attached hydrogen (secondary N) is 1. The Kier molecular flexibility index (Phi) is 4.13. The van der Waals surface area contributed by atoms with Crippen LogP contribution in [0.5, 0.6) is 0 Å². The summed E-state index contributed by atoms with van der Waals surface area (Å²) in [6, 6.07) is 5.67. The van der Waals surface area contributed by atoms with Gasteiger partial charge < -0.3 is 5.32 Å². The van der Waals surface area contributed by atoms with Gasteiger partial charge >= 0.3 is 0 Å². The second-order valence-corrected chi connectivity index (χ2v) is 4.64. The second kappa shape index (κ2) is 5.15. The summed E-state index contributed by atoms with van der Waals surface area (Å²) in [6.45, 7) is 8.27. The minimum absolute atomic E-state index is 0.142. The lowest BCUT2D eigenvalue weighted by Gasteiger charge is -2.17. The zero-order chi connectivity index (χ0) is 11.4. The summed E-state index contributed by atoms with van der Waals surface area (Å²) >= 11 is 0. The third-order valence-corrected chi connectivity index (χ3v) is 2.41. The molecule has 1 nitrogen and oxygen atoms in total. The molecule has 0 aliphatic rings. The normalized spacial score (nSPS) is 12.9. The molecule has 0 spiro atoms. The molecule has 1 atom stereocenters. The van der Waals surface area contributed by atoms with Crippen LogP contribution in [0.15, 0.2) is 18.2 Å². The van der Waals surface area contributed by atoms with Gasteiger partial charge in [0.2, 0.25) is 0 Å². The van der Waals surface area contributed by atoms with Crippen molar-refractivity contribution in [2.24, 2.45) is 5.92 Å². The van der Waals surface area contributed by atoms with E-state index in [-0.39, 0.29) is 5.82 Å². The van der Waals surface area contributed by atoms with Crippen molar-refractivity contribution in [3.8, 4) is 0 Å². The van der Waals surface area contributed by atoms with Crippen LogP contribution >= 0.6 is 0 Å². The molecular weight excluding hydrogens is 189 g/mol. The van der Waals surface area contributed by atoms with Crippen molar-refractivity contribution in [1.29, 1.82) is 0 Å². The van der Waals surface area contributed by atoms with Crippen molar-refractivity contribution in [3.63, 3.8) is 0 Å². The highest BCUT2D eigenvalue weighted by Crippen LogP contribution is 2.16. The van der Waals surface area contributed by atoms with Gasteiger partial charge in [-0.25, -0.2) is 4.39 Å². The first-order chi connectivity index (χ1) is 6.99. The lowest BCUT2D eigenvalue weighted by Crippen LogP contribution is -2.17. The summed E-state index contributed by atoms with van der Waals surface area (Å²) in [5.74, 6) is 0.513. The third-order valence-electron chi connectivity index (χ3n) is 2.41. The zero-order valence-corrected chi connectivity index (χ0v) is 9.97. The molecule has 0 fully saturated rings. The fraction of sp³-hybridized carbons (Fsp3) is 0.538. The van der Waals surface area contributed by atoms with Crippen LogP contribution in [0, 0.1) is 18.7 Å². The standard InChI is InChI=1S/C13H20FN/c1-9(2)7-11(4)15-12-6-5-10(3)13(14)8-12/h5-6,8-9,11,15H,7H2,1-4H3. The first kappa shape index (κ1) is 12.0. The molecule has 84 valence electrons. The number of rotatable bonds is 4. The van der Waals surface area contributed by atoms with Crippen LogP contribution in [0.4, 0.5) is 10.1 Å². The number of hydrogen-bond donors (Lipinski definition) is 1. The van der Waals surface area contributed by atoms with Gasteiger partial charge in [0, 0.05) is 11.7 Å². The van der Waals surface area contributed by atoms with E-state index in [1.807, 2.05) is 6.07 Å². The molecule has 1 unspecified atom stereocenters. The maximum absolute atomic E-state index is 13.3. The minimum Gasteiger partial charge on any atom is -0.382 e. The van der Waals surface area contributed by atoms with Crippen molar-refractivity contribution >= 4 is 5.69 Å². The lowest BCUT2D eigenvalue weighted by molar-refractivity contribution is 0.539. The van der Waals surface area contributed by atoms with E-state index in [2.05, 4.69) is 26.1 Å². The van der Waals surface area contributed by atoms with Crippen LogP contribution < -0.4 is 5.32 Å². The van der Waals surface area contributed by atoms with Crippen molar-refractivity contribution in [3.05, 3.63) is 29.6 Å². The number of hydrogen-bond acceptors (Lipinski definition) is 1. The van der Waals surface area contributed by atoms with Crippen LogP contribution in [0.25, 0.3) is 0 Å². The van der Waals surface area contributed by atoms with Gasteiger partial charge in [-0.1, -0.05) is 19.9 Å². The number of halogens is 1. The van der Waals surface area contributed by atoms with Gasteiger partial charge in [0.1, 0.15) is 5.82 Å². The third kappa shape index (κ3) is 3.90. The first-order valence-corrected chi connectivity index (χ1v) is 5.51. The quantitative estimate of drug-likeness (QED) is 0.791. The Balaban J connectivity index is 2.60. The number of aryl methyl sites for hydroxylation is 1. The fourth-order valence-electron chi connectivity index (χ4n) is 1.73. The topological polar surface area (TPSA) is 12.0 Å². The van der Waals surface area contributed by atoms with Crippen LogP contribution in [-0.2, 0) is 0 Å². The summed E-state index contributed by atoms with van der Waals surface area (Å²) < 4.78 is 13.3. The molecule has 1 aromatic carbocycles. The summed E-state index contributed by atoms with van der Waals surface area (Å²) in [5.41, 5.74) is 1.56. The van der Waals surface area contributed by atoms with Gasteiger partial charge in [-0.15, -0.1) is 0 Å². The molecule has 1 N–H and O–H groups in total. The minimum atomic E-state index is -0.142. The lowest BCUT2D eigenvalue weighted by atomic mass is 10.0. The number of anilines is 1. The Labute approximate surface area is 91.7 Å². The molecule has 0 amide bonds. The summed E-state index contributed by atoms with van der Waals surface area (Å²) in [4.78, 5) is 0. The highest BCUT2D eigenvalue weighted by Gasteiger charge is 2.05. The largest absolute Gasteiger partial charge is 0.382 e. The van der Waals surface area contributed by atoms with Crippen molar-refractivity contribution in [2.75, 3.05) is 5.32 Å². The average Bonchev–Trinajstić information content (AvgIpc) is 2.10. The van der Waals surface area contributed by atoms with Gasteiger partial charge in [-0.3, -0.25) is 0 Å². The summed E-state index contributed by atoms with van der Waals surface area (Å²) in [5, 5.41) is 3.30. The van der Waals surface area contributed by atoms with E-state index < -0.39 is 0 Å². The van der Waals surface area contributed by atoms with E-state index in [0.29, 0.717) is 17.5 Å². The van der Waals surface area contributed by atoms with Crippen molar-refractivity contribution in [2.45, 2.75) is 40.2 Å². The Morgan fingerprint density at radius 2 is 1.93 bits per heavy atom. The van der Waals surface area contributed by atoms with Gasteiger partial charge in [0.15, 0.2) is 0 Å². The van der Waals surface area contributed by atoms with Gasteiger partial charge in [-0.05, 0) is 43.9 Å². The Bertz CT molecular complexity index is 320. The summed E-state index contributed by atoms with van der Waals surface area (Å²) in [6.07, 6.45) is 1.09. The SMILES string of the molecule is Cc1ccc(NC(C)CC(C)C)cc1F. The van der Waals surface area contributed by atoms with Gasteiger partial charge in [-0.2, -0.15) is 0 Å². The molecule has 0 radical (unpaired) electrons.